The molecule has 1 fully saturated rings. The molecule has 0 atom stereocenters. The molecule has 1 aliphatic heterocycles. The number of hydrogen-bond acceptors (Lipinski definition) is 6. The molecule has 1 aromatic heterocycles. The molecule has 0 radical (unpaired) electrons. The second-order valence-corrected chi connectivity index (χ2v) is 5.75. The number of nitro groups is 1. The number of para-hydroxylation sites is 1. The van der Waals surface area contributed by atoms with E-state index < -0.39 is 4.92 Å². The van der Waals surface area contributed by atoms with Crippen LogP contribution in [0.2, 0.25) is 0 Å². The summed E-state index contributed by atoms with van der Waals surface area (Å²) in [6, 6.07) is 9.89. The first kappa shape index (κ1) is 16.8. The van der Waals surface area contributed by atoms with Gasteiger partial charge < -0.3 is 15.5 Å². The number of nitrogens with one attached hydrogen (secondary N) is 2. The number of benzene rings is 1. The van der Waals surface area contributed by atoms with Crippen LogP contribution in [0.5, 0.6) is 0 Å². The van der Waals surface area contributed by atoms with Crippen LogP contribution in [0.4, 0.5) is 17.2 Å². The van der Waals surface area contributed by atoms with Crippen LogP contribution in [0, 0.1) is 10.1 Å². The van der Waals surface area contributed by atoms with Gasteiger partial charge in [0.25, 0.3) is 5.69 Å². The molecular formula is C17H19N5O3. The Morgan fingerprint density at radius 2 is 2.00 bits per heavy atom. The second kappa shape index (κ2) is 7.71. The van der Waals surface area contributed by atoms with Crippen molar-refractivity contribution in [1.82, 2.24) is 10.3 Å². The van der Waals surface area contributed by atoms with Gasteiger partial charge in [-0.25, -0.2) is 4.98 Å². The van der Waals surface area contributed by atoms with E-state index in [-0.39, 0.29) is 18.0 Å². The van der Waals surface area contributed by atoms with Crippen molar-refractivity contribution in [2.45, 2.75) is 6.42 Å². The Kier molecular flexibility index (Phi) is 5.20. The molecule has 1 saturated heterocycles. The Bertz CT molecular complexity index is 757. The summed E-state index contributed by atoms with van der Waals surface area (Å²) < 4.78 is 0. The van der Waals surface area contributed by atoms with E-state index in [9.17, 15) is 14.9 Å². The molecule has 0 aliphatic carbocycles. The number of aromatic nitrogens is 1. The summed E-state index contributed by atoms with van der Waals surface area (Å²) in [5.41, 5.74) is 1.33. The Morgan fingerprint density at radius 1 is 1.24 bits per heavy atom. The average Bonchev–Trinajstić information content (AvgIpc) is 2.63. The minimum Gasteiger partial charge on any atom is -0.368 e. The predicted molar refractivity (Wildman–Crippen MR) is 94.7 cm³/mol. The highest BCUT2D eigenvalue weighted by Crippen LogP contribution is 2.19. The minimum absolute atomic E-state index is 0.0559. The summed E-state index contributed by atoms with van der Waals surface area (Å²) in [4.78, 5) is 29.2. The van der Waals surface area contributed by atoms with E-state index in [2.05, 4.69) is 20.5 Å². The number of carbonyl (C=O) groups is 1. The SMILES string of the molecule is O=C(Cc1ccccc1[N+](=O)[O-])Nc1ccc(N2CCNCC2)cn1. The molecule has 2 aromatic rings. The van der Waals surface area contributed by atoms with Crippen LogP contribution < -0.4 is 15.5 Å². The minimum atomic E-state index is -0.483. The quantitative estimate of drug-likeness (QED) is 0.633. The molecular weight excluding hydrogens is 322 g/mol. The van der Waals surface area contributed by atoms with Gasteiger partial charge in [0.2, 0.25) is 5.91 Å². The van der Waals surface area contributed by atoms with Crippen molar-refractivity contribution in [2.75, 3.05) is 36.4 Å². The summed E-state index contributed by atoms with van der Waals surface area (Å²) in [5.74, 6) is 0.0965. The zero-order valence-electron chi connectivity index (χ0n) is 13.6. The lowest BCUT2D eigenvalue weighted by Gasteiger charge is -2.29. The van der Waals surface area contributed by atoms with Crippen LogP contribution in [0.1, 0.15) is 5.56 Å². The molecule has 0 saturated carbocycles. The molecule has 1 amide bonds. The summed E-state index contributed by atoms with van der Waals surface area (Å²) in [6.45, 7) is 3.72. The average molecular weight is 341 g/mol. The largest absolute Gasteiger partial charge is 0.368 e. The fourth-order valence-electron chi connectivity index (χ4n) is 2.77. The zero-order chi connectivity index (χ0) is 17.6. The fourth-order valence-corrected chi connectivity index (χ4v) is 2.77. The van der Waals surface area contributed by atoms with Gasteiger partial charge in [0.05, 0.1) is 23.2 Å². The Balaban J connectivity index is 1.62. The zero-order valence-corrected chi connectivity index (χ0v) is 13.6. The number of pyridine rings is 1. The molecule has 8 heteroatoms. The molecule has 130 valence electrons. The molecule has 0 spiro atoms. The molecule has 25 heavy (non-hydrogen) atoms. The smallest absolute Gasteiger partial charge is 0.273 e. The molecule has 8 nitrogen and oxygen atoms in total. The number of hydrogen-bond donors (Lipinski definition) is 2. The third-order valence-electron chi connectivity index (χ3n) is 4.04. The predicted octanol–water partition coefficient (Wildman–Crippen LogP) is 1.58. The standard InChI is InChI=1S/C17H19N5O3/c23-17(11-13-3-1-2-4-15(13)22(24)25)20-16-6-5-14(12-19-16)21-9-7-18-8-10-21/h1-6,12,18H,7-11H2,(H,19,20,23). The first-order valence-electron chi connectivity index (χ1n) is 8.07. The van der Waals surface area contributed by atoms with Crippen LogP contribution >= 0.6 is 0 Å². The number of amides is 1. The maximum atomic E-state index is 12.2. The van der Waals surface area contributed by atoms with Crippen molar-refractivity contribution in [3.63, 3.8) is 0 Å². The number of carbonyl (C=O) groups excluding carboxylic acids is 1. The van der Waals surface area contributed by atoms with Gasteiger partial charge in [-0.15, -0.1) is 0 Å². The van der Waals surface area contributed by atoms with Gasteiger partial charge in [-0.05, 0) is 12.1 Å². The topological polar surface area (TPSA) is 100 Å². The van der Waals surface area contributed by atoms with Gasteiger partial charge >= 0.3 is 0 Å². The van der Waals surface area contributed by atoms with Crippen LogP contribution in [0.3, 0.4) is 0 Å². The highest BCUT2D eigenvalue weighted by molar-refractivity contribution is 5.92. The van der Waals surface area contributed by atoms with Gasteiger partial charge in [0, 0.05) is 37.8 Å². The van der Waals surface area contributed by atoms with E-state index >= 15 is 0 Å². The lowest BCUT2D eigenvalue weighted by atomic mass is 10.1. The molecule has 2 heterocycles. The Morgan fingerprint density at radius 3 is 2.68 bits per heavy atom. The maximum absolute atomic E-state index is 12.2. The highest BCUT2D eigenvalue weighted by atomic mass is 16.6. The molecule has 1 aliphatic rings. The molecule has 0 bridgehead atoms. The van der Waals surface area contributed by atoms with Crippen molar-refractivity contribution in [3.8, 4) is 0 Å². The number of rotatable bonds is 5. The highest BCUT2D eigenvalue weighted by Gasteiger charge is 2.16. The van der Waals surface area contributed by atoms with Crippen LogP contribution in [-0.2, 0) is 11.2 Å². The molecule has 1 aromatic carbocycles. The maximum Gasteiger partial charge on any atom is 0.273 e. The summed E-state index contributed by atoms with van der Waals surface area (Å²) in [6.07, 6.45) is 1.66. The molecule has 3 rings (SSSR count). The lowest BCUT2D eigenvalue weighted by molar-refractivity contribution is -0.385. The van der Waals surface area contributed by atoms with Gasteiger partial charge in [0.1, 0.15) is 5.82 Å². The third-order valence-corrected chi connectivity index (χ3v) is 4.04. The summed E-state index contributed by atoms with van der Waals surface area (Å²) in [7, 11) is 0. The Labute approximate surface area is 145 Å². The number of nitro benzene ring substituents is 1. The van der Waals surface area contributed by atoms with Crippen molar-refractivity contribution >= 4 is 23.1 Å². The lowest BCUT2D eigenvalue weighted by Crippen LogP contribution is -2.43. The van der Waals surface area contributed by atoms with Crippen molar-refractivity contribution in [1.29, 1.82) is 0 Å². The van der Waals surface area contributed by atoms with E-state index in [0.717, 1.165) is 31.9 Å². The van der Waals surface area contributed by atoms with Crippen LogP contribution in [0.25, 0.3) is 0 Å². The van der Waals surface area contributed by atoms with Gasteiger partial charge in [-0.1, -0.05) is 18.2 Å². The molecule has 2 N–H and O–H groups in total. The van der Waals surface area contributed by atoms with E-state index in [1.54, 1.807) is 30.5 Å². The number of nitrogens with zero attached hydrogens (tertiary/aromatic N) is 3. The number of anilines is 2. The van der Waals surface area contributed by atoms with Crippen molar-refractivity contribution in [3.05, 3.63) is 58.3 Å². The van der Waals surface area contributed by atoms with E-state index in [1.165, 1.54) is 6.07 Å². The van der Waals surface area contributed by atoms with Crippen LogP contribution in [-0.4, -0.2) is 42.0 Å². The second-order valence-electron chi connectivity index (χ2n) is 5.75. The third kappa shape index (κ3) is 4.30. The van der Waals surface area contributed by atoms with Crippen molar-refractivity contribution in [2.24, 2.45) is 0 Å². The first-order valence-corrected chi connectivity index (χ1v) is 8.07. The summed E-state index contributed by atoms with van der Waals surface area (Å²) in [5, 5.41) is 17.0. The van der Waals surface area contributed by atoms with Crippen molar-refractivity contribution < 1.29 is 9.72 Å². The first-order chi connectivity index (χ1) is 12.1. The normalized spacial score (nSPS) is 14.2. The fraction of sp³-hybridized carbons (Fsp3) is 0.294. The van der Waals surface area contributed by atoms with Gasteiger partial charge in [-0.3, -0.25) is 14.9 Å². The van der Waals surface area contributed by atoms with Gasteiger partial charge in [0.15, 0.2) is 0 Å². The van der Waals surface area contributed by atoms with Crippen LogP contribution in [0.15, 0.2) is 42.6 Å². The van der Waals surface area contributed by atoms with E-state index in [1.807, 2.05) is 6.07 Å². The van der Waals surface area contributed by atoms with E-state index in [0.29, 0.717) is 11.4 Å². The summed E-state index contributed by atoms with van der Waals surface area (Å²) >= 11 is 0. The Hall–Kier alpha value is -3.00. The molecule has 0 unspecified atom stereocenters. The van der Waals surface area contributed by atoms with Gasteiger partial charge in [-0.2, -0.15) is 0 Å². The monoisotopic (exact) mass is 341 g/mol. The van der Waals surface area contributed by atoms with E-state index in [4.69, 9.17) is 0 Å². The number of piperazine rings is 1.